The van der Waals surface area contributed by atoms with Crippen molar-refractivity contribution in [1.82, 2.24) is 10.5 Å². The van der Waals surface area contributed by atoms with Gasteiger partial charge >= 0.3 is 11.9 Å². The molecule has 31 heavy (non-hydrogen) atoms. The zero-order chi connectivity index (χ0) is 22.4. The molecule has 0 aliphatic carbocycles. The van der Waals surface area contributed by atoms with Crippen molar-refractivity contribution in [2.75, 3.05) is 18.4 Å². The molecule has 0 fully saturated rings. The first kappa shape index (κ1) is 22.2. The van der Waals surface area contributed by atoms with Crippen LogP contribution in [0.4, 0.5) is 5.69 Å². The Morgan fingerprint density at radius 2 is 1.55 bits per heavy atom. The summed E-state index contributed by atoms with van der Waals surface area (Å²) >= 11 is 0. The molecule has 0 bridgehead atoms. The predicted molar refractivity (Wildman–Crippen MR) is 113 cm³/mol. The van der Waals surface area contributed by atoms with Crippen molar-refractivity contribution >= 4 is 40.2 Å². The third-order valence-electron chi connectivity index (χ3n) is 4.68. The zero-order valence-electron chi connectivity index (χ0n) is 17.5. The van der Waals surface area contributed by atoms with E-state index in [1.807, 2.05) is 19.9 Å². The number of nitrogens with zero attached hydrogens (tertiary/aromatic N) is 1. The Balaban J connectivity index is 1.74. The Morgan fingerprint density at radius 3 is 2.16 bits per heavy atom. The number of anilines is 1. The smallest absolute Gasteiger partial charge is 0.329 e. The quantitative estimate of drug-likeness (QED) is 0.439. The number of nitrogens with one attached hydrogen (secondary N) is 2. The molecule has 1 aliphatic rings. The number of hydrogen-bond donors (Lipinski definition) is 2. The molecule has 0 saturated heterocycles. The fourth-order valence-corrected chi connectivity index (χ4v) is 3.30. The van der Waals surface area contributed by atoms with E-state index in [2.05, 4.69) is 10.6 Å². The van der Waals surface area contributed by atoms with E-state index < -0.39 is 23.8 Å². The monoisotopic (exact) mass is 427 g/mol. The van der Waals surface area contributed by atoms with Crippen LogP contribution in [0.25, 0.3) is 10.8 Å². The topological polar surface area (TPSA) is 114 Å². The van der Waals surface area contributed by atoms with E-state index in [0.29, 0.717) is 35.0 Å². The van der Waals surface area contributed by atoms with Gasteiger partial charge < -0.3 is 15.0 Å². The van der Waals surface area contributed by atoms with Crippen molar-refractivity contribution < 1.29 is 28.9 Å². The summed E-state index contributed by atoms with van der Waals surface area (Å²) in [6.45, 7) is 4.06. The second-order valence-electron chi connectivity index (χ2n) is 7.08. The molecule has 0 unspecified atom stereocenters. The highest BCUT2D eigenvalue weighted by Gasteiger charge is 2.25. The molecule has 3 rings (SSSR count). The van der Waals surface area contributed by atoms with Gasteiger partial charge in [0.05, 0.1) is 6.54 Å². The number of hydrogen-bond acceptors (Lipinski definition) is 8. The number of hydroxylamine groups is 2. The van der Waals surface area contributed by atoms with Crippen LogP contribution in [0.5, 0.6) is 0 Å². The molecule has 0 saturated carbocycles. The lowest BCUT2D eigenvalue weighted by atomic mass is 9.94. The van der Waals surface area contributed by atoms with Crippen LogP contribution in [0, 0.1) is 0 Å². The van der Waals surface area contributed by atoms with E-state index in [1.54, 1.807) is 24.3 Å². The van der Waals surface area contributed by atoms with Gasteiger partial charge in [-0.3, -0.25) is 24.5 Å². The highest BCUT2D eigenvalue weighted by Crippen LogP contribution is 2.31. The van der Waals surface area contributed by atoms with E-state index in [-0.39, 0.29) is 25.9 Å². The number of rotatable bonds is 10. The van der Waals surface area contributed by atoms with Gasteiger partial charge in [0.15, 0.2) is 0 Å². The van der Waals surface area contributed by atoms with Crippen LogP contribution in [-0.2, 0) is 19.3 Å². The molecule has 2 aromatic carbocycles. The van der Waals surface area contributed by atoms with Crippen molar-refractivity contribution in [1.29, 1.82) is 0 Å². The number of carbonyl (C=O) groups is 4. The summed E-state index contributed by atoms with van der Waals surface area (Å²) in [6.07, 6.45) is 1.64. The Kier molecular flexibility index (Phi) is 7.19. The van der Waals surface area contributed by atoms with Gasteiger partial charge in [0.1, 0.15) is 0 Å². The van der Waals surface area contributed by atoms with Crippen molar-refractivity contribution in [2.24, 2.45) is 0 Å². The van der Waals surface area contributed by atoms with Crippen LogP contribution in [0.2, 0.25) is 0 Å². The van der Waals surface area contributed by atoms with Gasteiger partial charge in [0.25, 0.3) is 11.8 Å². The third kappa shape index (κ3) is 5.18. The summed E-state index contributed by atoms with van der Waals surface area (Å²) in [7, 11) is 0. The molecule has 2 N–H and O–H groups in total. The van der Waals surface area contributed by atoms with Gasteiger partial charge in [0, 0.05) is 52.2 Å². The summed E-state index contributed by atoms with van der Waals surface area (Å²) in [5, 5.41) is 7.72. The molecule has 0 aromatic heterocycles. The summed E-state index contributed by atoms with van der Waals surface area (Å²) < 4.78 is 0. The molecule has 2 amide bonds. The predicted octanol–water partition coefficient (Wildman–Crippen LogP) is 2.95. The summed E-state index contributed by atoms with van der Waals surface area (Å²) in [5.74, 6) is -1.84. The maximum absolute atomic E-state index is 12.2. The summed E-state index contributed by atoms with van der Waals surface area (Å²) in [5.41, 5.74) is 1.56. The maximum atomic E-state index is 12.2. The average Bonchev–Trinajstić information content (AvgIpc) is 2.72. The van der Waals surface area contributed by atoms with E-state index in [1.165, 1.54) is 0 Å². The number of amides is 2. The van der Waals surface area contributed by atoms with E-state index >= 15 is 0 Å². The zero-order valence-corrected chi connectivity index (χ0v) is 17.5. The van der Waals surface area contributed by atoms with E-state index in [4.69, 9.17) is 9.68 Å². The lowest BCUT2D eigenvalue weighted by molar-refractivity contribution is -0.323. The molecule has 9 heteroatoms. The standard InChI is InChI=1S/C22H25N3O6/c1-3-6-18(26)30-25(31-19(27)7-4-2)13-12-23-17-11-10-16-20-14(17)8-5-9-15(20)21(28)24-22(16)29/h5,8-11,23H,3-4,6-7,12-13H2,1-2H3,(H,24,28,29). The largest absolute Gasteiger partial charge is 0.383 e. The van der Waals surface area contributed by atoms with Crippen LogP contribution >= 0.6 is 0 Å². The van der Waals surface area contributed by atoms with Gasteiger partial charge in [-0.05, 0) is 31.0 Å². The molecule has 0 radical (unpaired) electrons. The Hall–Kier alpha value is -3.46. The van der Waals surface area contributed by atoms with Crippen LogP contribution < -0.4 is 10.6 Å². The normalized spacial score (nSPS) is 12.6. The number of imide groups is 1. The summed E-state index contributed by atoms with van der Waals surface area (Å²) in [6, 6.07) is 8.62. The molecule has 0 atom stereocenters. The molecular weight excluding hydrogens is 402 g/mol. The number of benzene rings is 2. The van der Waals surface area contributed by atoms with Crippen molar-refractivity contribution in [3.63, 3.8) is 0 Å². The first-order valence-corrected chi connectivity index (χ1v) is 10.3. The lowest BCUT2D eigenvalue weighted by Gasteiger charge is -2.21. The van der Waals surface area contributed by atoms with Gasteiger partial charge in [-0.2, -0.15) is 0 Å². The minimum absolute atomic E-state index is 0.0905. The van der Waals surface area contributed by atoms with Crippen LogP contribution in [0.15, 0.2) is 30.3 Å². The first-order chi connectivity index (χ1) is 14.9. The molecular formula is C22H25N3O6. The van der Waals surface area contributed by atoms with Crippen molar-refractivity contribution in [3.8, 4) is 0 Å². The third-order valence-corrected chi connectivity index (χ3v) is 4.68. The Bertz CT molecular complexity index is 979. The fraction of sp³-hybridized carbons (Fsp3) is 0.364. The molecule has 1 aliphatic heterocycles. The highest BCUT2D eigenvalue weighted by atomic mass is 17.0. The van der Waals surface area contributed by atoms with Gasteiger partial charge in [-0.25, -0.2) is 0 Å². The van der Waals surface area contributed by atoms with Gasteiger partial charge in [-0.1, -0.05) is 26.0 Å². The maximum Gasteiger partial charge on any atom is 0.329 e. The fourth-order valence-electron chi connectivity index (χ4n) is 3.30. The minimum atomic E-state index is -0.488. The molecule has 2 aromatic rings. The Morgan fingerprint density at radius 1 is 0.935 bits per heavy atom. The van der Waals surface area contributed by atoms with Crippen LogP contribution in [-0.4, -0.2) is 42.1 Å². The van der Waals surface area contributed by atoms with E-state index in [9.17, 15) is 19.2 Å². The highest BCUT2D eigenvalue weighted by molar-refractivity contribution is 6.26. The molecule has 0 spiro atoms. The van der Waals surface area contributed by atoms with E-state index in [0.717, 1.165) is 10.6 Å². The van der Waals surface area contributed by atoms with Crippen molar-refractivity contribution in [3.05, 3.63) is 41.5 Å². The minimum Gasteiger partial charge on any atom is -0.383 e. The second-order valence-corrected chi connectivity index (χ2v) is 7.08. The van der Waals surface area contributed by atoms with Gasteiger partial charge in [0.2, 0.25) is 0 Å². The lowest BCUT2D eigenvalue weighted by Crippen LogP contribution is -2.35. The summed E-state index contributed by atoms with van der Waals surface area (Å²) in [4.78, 5) is 58.2. The molecule has 164 valence electrons. The molecule has 9 nitrogen and oxygen atoms in total. The van der Waals surface area contributed by atoms with Crippen LogP contribution in [0.1, 0.15) is 60.2 Å². The second kappa shape index (κ2) is 10.0. The SMILES string of the molecule is CCCC(=O)ON(CCNc1ccc2c3c(cccc13)C(=O)NC2=O)OC(=O)CCC. The van der Waals surface area contributed by atoms with Crippen molar-refractivity contribution in [2.45, 2.75) is 39.5 Å². The number of carbonyl (C=O) groups excluding carboxylic acids is 4. The Labute approximate surface area is 179 Å². The van der Waals surface area contributed by atoms with Crippen LogP contribution in [0.3, 0.4) is 0 Å². The first-order valence-electron chi connectivity index (χ1n) is 10.3. The molecule has 1 heterocycles. The van der Waals surface area contributed by atoms with Gasteiger partial charge in [-0.15, -0.1) is 0 Å². The average molecular weight is 427 g/mol.